The minimum atomic E-state index is -2.63. The van der Waals surface area contributed by atoms with Crippen molar-refractivity contribution in [1.82, 2.24) is 0 Å². The highest BCUT2D eigenvalue weighted by Gasteiger charge is 2.71. The summed E-state index contributed by atoms with van der Waals surface area (Å²) < 4.78 is 0. The van der Waals surface area contributed by atoms with Crippen LogP contribution in [0.25, 0.3) is 11.1 Å². The number of Topliss-reactive ketones (excluding diaryl/α,β-unsaturated/α-hetero) is 3. The monoisotopic (exact) mass is 586 g/mol. The Morgan fingerprint density at radius 1 is 0.977 bits per heavy atom. The lowest BCUT2D eigenvalue weighted by molar-refractivity contribution is -0.171. The van der Waals surface area contributed by atoms with E-state index in [4.69, 9.17) is 0 Å². The Labute approximate surface area is 253 Å². The van der Waals surface area contributed by atoms with E-state index in [1.165, 1.54) is 0 Å². The Hall–Kier alpha value is -3.71. The highest BCUT2D eigenvalue weighted by molar-refractivity contribution is 6.25. The second-order valence-corrected chi connectivity index (χ2v) is 14.1. The quantitative estimate of drug-likeness (QED) is 0.291. The number of phenols is 1. The zero-order valence-electron chi connectivity index (χ0n) is 26.5. The molecule has 0 bridgehead atoms. The van der Waals surface area contributed by atoms with Gasteiger partial charge in [0.15, 0.2) is 17.2 Å². The molecule has 4 atom stereocenters. The van der Waals surface area contributed by atoms with Gasteiger partial charge in [-0.2, -0.15) is 0 Å². The third-order valence-electron chi connectivity index (χ3n) is 10.5. The zero-order valence-corrected chi connectivity index (χ0v) is 26.5. The molecule has 2 aromatic rings. The largest absolute Gasteiger partial charge is 0.511 e. The number of aliphatic hydroxyl groups is 3. The normalized spacial score (nSPS) is 28.8. The van der Waals surface area contributed by atoms with Crippen LogP contribution in [0.15, 0.2) is 46.9 Å². The van der Waals surface area contributed by atoms with Crippen LogP contribution in [0.3, 0.4) is 0 Å². The maximum Gasteiger partial charge on any atom is 0.209 e. The molecule has 7 nitrogen and oxygen atoms in total. The first-order chi connectivity index (χ1) is 19.8. The van der Waals surface area contributed by atoms with Gasteiger partial charge in [0, 0.05) is 27.9 Å². The summed E-state index contributed by atoms with van der Waals surface area (Å²) in [4.78, 5) is 41.1. The summed E-state index contributed by atoms with van der Waals surface area (Å²) in [5, 5.41) is 47.3. The highest BCUT2D eigenvalue weighted by atomic mass is 16.3. The molecule has 0 fully saturated rings. The molecule has 0 radical (unpaired) electrons. The number of rotatable bonds is 4. The van der Waals surface area contributed by atoms with Gasteiger partial charge in [0.25, 0.3) is 0 Å². The Bertz CT molecular complexity index is 1690. The number of fused-ring (bicyclic) bond motifs is 3. The minimum absolute atomic E-state index is 0.00365. The van der Waals surface area contributed by atoms with Gasteiger partial charge in [0.2, 0.25) is 5.78 Å². The van der Waals surface area contributed by atoms with E-state index in [1.54, 1.807) is 6.92 Å². The van der Waals surface area contributed by atoms with Crippen LogP contribution in [-0.4, -0.2) is 43.4 Å². The molecule has 0 saturated heterocycles. The fourth-order valence-corrected chi connectivity index (χ4v) is 8.47. The summed E-state index contributed by atoms with van der Waals surface area (Å²) in [5.41, 5.74) is -0.839. The van der Waals surface area contributed by atoms with Gasteiger partial charge >= 0.3 is 0 Å². The van der Waals surface area contributed by atoms with E-state index >= 15 is 0 Å². The van der Waals surface area contributed by atoms with Gasteiger partial charge < -0.3 is 20.4 Å². The number of carbonyl (C=O) groups excluding carboxylic acids is 3. The molecular formula is C36H42O7. The third kappa shape index (κ3) is 3.93. The lowest BCUT2D eigenvalue weighted by Crippen LogP contribution is -2.67. The van der Waals surface area contributed by atoms with Crippen molar-refractivity contribution in [3.8, 4) is 16.9 Å². The number of hydrogen-bond acceptors (Lipinski definition) is 7. The molecule has 0 aromatic heterocycles. The maximum absolute atomic E-state index is 14.6. The Morgan fingerprint density at radius 3 is 2.14 bits per heavy atom. The molecule has 43 heavy (non-hydrogen) atoms. The van der Waals surface area contributed by atoms with Crippen molar-refractivity contribution in [2.24, 2.45) is 22.7 Å². The number of benzene rings is 2. The van der Waals surface area contributed by atoms with Crippen LogP contribution in [0.2, 0.25) is 0 Å². The third-order valence-corrected chi connectivity index (χ3v) is 10.5. The average Bonchev–Trinajstić information content (AvgIpc) is 2.87. The molecule has 228 valence electrons. The van der Waals surface area contributed by atoms with E-state index in [1.807, 2.05) is 72.7 Å². The van der Waals surface area contributed by atoms with E-state index in [0.717, 1.165) is 29.2 Å². The number of aromatic hydroxyl groups is 1. The number of hydrogen-bond donors (Lipinski definition) is 4. The fraction of sp³-hybridized carbons (Fsp3) is 0.472. The summed E-state index contributed by atoms with van der Waals surface area (Å²) in [7, 11) is 0. The molecule has 3 aliphatic rings. The van der Waals surface area contributed by atoms with E-state index < -0.39 is 51.0 Å². The van der Waals surface area contributed by atoms with Gasteiger partial charge in [-0.15, -0.1) is 0 Å². The SMILES string of the molecule is CC(=O)C1=C(O)C(C(C)C)[C@@]2(C)C[C@@]3(C)Cc4c(C(C)C)cc(-c5ccc(C)c(C)c5)c(O)c4C(=O)C3=C(O)[C@@]2(O)C1=O. The molecule has 3 aliphatic carbocycles. The molecule has 0 heterocycles. The van der Waals surface area contributed by atoms with Gasteiger partial charge in [-0.3, -0.25) is 14.4 Å². The minimum Gasteiger partial charge on any atom is -0.511 e. The number of ketones is 3. The average molecular weight is 587 g/mol. The Balaban J connectivity index is 1.83. The van der Waals surface area contributed by atoms with Crippen LogP contribution in [-0.2, 0) is 16.0 Å². The predicted octanol–water partition coefficient (Wildman–Crippen LogP) is 6.75. The van der Waals surface area contributed by atoms with Gasteiger partial charge in [-0.25, -0.2) is 0 Å². The molecule has 5 rings (SSSR count). The standard InChI is InChI=1S/C36H42O7/c1-16(2)22-13-23(21-11-10-18(5)19(6)12-21)29(38)26-24(22)14-34(8)15-35(9)27(17(3)4)30(39)25(20(7)37)32(41)36(35,43)33(42)28(34)31(26)40/h10-13,16-17,27,38-39,42-43H,14-15H2,1-9H3/t27?,34-,35-,36+/m1/s1. The summed E-state index contributed by atoms with van der Waals surface area (Å²) >= 11 is 0. The summed E-state index contributed by atoms with van der Waals surface area (Å²) in [6, 6.07) is 7.74. The molecule has 0 aliphatic heterocycles. The van der Waals surface area contributed by atoms with Gasteiger partial charge in [0.05, 0.1) is 5.56 Å². The second-order valence-electron chi connectivity index (χ2n) is 14.1. The van der Waals surface area contributed by atoms with Crippen molar-refractivity contribution in [3.63, 3.8) is 0 Å². The number of phenolic OH excluding ortho intramolecular Hbond substituents is 1. The van der Waals surface area contributed by atoms with Crippen LogP contribution in [0.5, 0.6) is 5.75 Å². The first-order valence-electron chi connectivity index (χ1n) is 15.0. The summed E-state index contributed by atoms with van der Waals surface area (Å²) in [6.45, 7) is 16.3. The van der Waals surface area contributed by atoms with Crippen molar-refractivity contribution in [1.29, 1.82) is 0 Å². The zero-order chi connectivity index (χ0) is 32.1. The number of allylic oxidation sites excluding steroid dienone is 2. The number of aryl methyl sites for hydroxylation is 2. The number of aliphatic hydroxyl groups excluding tert-OH is 2. The van der Waals surface area contributed by atoms with Crippen LogP contribution >= 0.6 is 0 Å². The van der Waals surface area contributed by atoms with E-state index in [-0.39, 0.29) is 47.3 Å². The van der Waals surface area contributed by atoms with Crippen LogP contribution < -0.4 is 0 Å². The van der Waals surface area contributed by atoms with Gasteiger partial charge in [-0.1, -0.05) is 59.7 Å². The molecule has 0 amide bonds. The van der Waals surface area contributed by atoms with E-state index in [2.05, 4.69) is 0 Å². The lowest BCUT2D eigenvalue weighted by Gasteiger charge is -2.59. The lowest BCUT2D eigenvalue weighted by atomic mass is 9.44. The predicted molar refractivity (Wildman–Crippen MR) is 164 cm³/mol. The fourth-order valence-electron chi connectivity index (χ4n) is 8.47. The Kier molecular flexibility index (Phi) is 6.90. The van der Waals surface area contributed by atoms with Crippen LogP contribution in [0.4, 0.5) is 0 Å². The van der Waals surface area contributed by atoms with Crippen molar-refractivity contribution < 1.29 is 34.8 Å². The van der Waals surface area contributed by atoms with E-state index in [9.17, 15) is 34.8 Å². The highest BCUT2D eigenvalue weighted by Crippen LogP contribution is 2.65. The summed E-state index contributed by atoms with van der Waals surface area (Å²) in [5.74, 6) is -5.08. The molecule has 0 spiro atoms. The smallest absolute Gasteiger partial charge is 0.209 e. The van der Waals surface area contributed by atoms with Crippen molar-refractivity contribution in [2.75, 3.05) is 0 Å². The van der Waals surface area contributed by atoms with E-state index in [0.29, 0.717) is 11.1 Å². The van der Waals surface area contributed by atoms with Crippen LogP contribution in [0, 0.1) is 36.5 Å². The van der Waals surface area contributed by atoms with Gasteiger partial charge in [-0.05, 0) is 79.3 Å². The van der Waals surface area contributed by atoms with Crippen LogP contribution in [0.1, 0.15) is 93.4 Å². The molecule has 2 aromatic carbocycles. The first kappa shape index (κ1) is 30.7. The number of carbonyl (C=O) groups is 3. The maximum atomic E-state index is 14.6. The Morgan fingerprint density at radius 2 is 1.60 bits per heavy atom. The van der Waals surface area contributed by atoms with Crippen molar-refractivity contribution >= 4 is 17.3 Å². The molecule has 0 saturated carbocycles. The molecular weight excluding hydrogens is 544 g/mol. The molecule has 1 unspecified atom stereocenters. The first-order valence-corrected chi connectivity index (χ1v) is 15.0. The second kappa shape index (κ2) is 9.65. The molecule has 4 N–H and O–H groups in total. The van der Waals surface area contributed by atoms with Crippen molar-refractivity contribution in [3.05, 3.63) is 74.7 Å². The molecule has 7 heteroatoms. The topological polar surface area (TPSA) is 132 Å². The van der Waals surface area contributed by atoms with Gasteiger partial charge in [0.1, 0.15) is 22.8 Å². The van der Waals surface area contributed by atoms with Crippen molar-refractivity contribution in [2.45, 2.75) is 86.7 Å². The summed E-state index contributed by atoms with van der Waals surface area (Å²) in [6.07, 6.45) is 0.332.